The summed E-state index contributed by atoms with van der Waals surface area (Å²) < 4.78 is 31.2. The molecule has 0 radical (unpaired) electrons. The maximum Gasteiger partial charge on any atom is 1.00 e. The van der Waals surface area contributed by atoms with E-state index in [-0.39, 0.29) is 57.1 Å². The van der Waals surface area contributed by atoms with Crippen molar-refractivity contribution in [2.75, 3.05) is 5.75 Å². The number of allylic oxidation sites excluding steroid dienone is 2. The number of unbranched alkanes of at least 4 members (excludes halogenated alkanes) is 12. The molecule has 0 atom stereocenters. The van der Waals surface area contributed by atoms with Crippen LogP contribution in [0, 0.1) is 0 Å². The van der Waals surface area contributed by atoms with Crippen LogP contribution in [-0.4, -0.2) is 18.7 Å². The number of hydrogen-bond donors (Lipinski definition) is 0. The molecule has 0 N–H and O–H groups in total. The predicted molar refractivity (Wildman–Crippen MR) is 94.0 cm³/mol. The van der Waals surface area contributed by atoms with Gasteiger partial charge in [-0.25, -0.2) is 8.42 Å². The first-order valence-corrected chi connectivity index (χ1v) is 10.7. The van der Waals surface area contributed by atoms with Gasteiger partial charge < -0.3 is 4.55 Å². The van der Waals surface area contributed by atoms with Gasteiger partial charge in [-0.15, -0.1) is 0 Å². The molecule has 0 rings (SSSR count). The van der Waals surface area contributed by atoms with Crippen molar-refractivity contribution < 1.29 is 64.4 Å². The Balaban J connectivity index is 0. The van der Waals surface area contributed by atoms with Crippen LogP contribution < -0.4 is 51.4 Å². The number of rotatable bonds is 16. The molecular weight excluding hydrogens is 335 g/mol. The average Bonchev–Trinajstić information content (AvgIpc) is 2.45. The molecule has 0 unspecified atom stereocenters. The molecular formula is C18H35KO3S. The summed E-state index contributed by atoms with van der Waals surface area (Å²) in [6.07, 6.45) is 21.1. The smallest absolute Gasteiger partial charge is 0.748 e. The van der Waals surface area contributed by atoms with Crippen LogP contribution in [0.1, 0.15) is 96.8 Å². The van der Waals surface area contributed by atoms with Crippen LogP contribution in [0.15, 0.2) is 12.2 Å². The van der Waals surface area contributed by atoms with E-state index in [9.17, 15) is 13.0 Å². The van der Waals surface area contributed by atoms with Crippen molar-refractivity contribution in [3.63, 3.8) is 0 Å². The van der Waals surface area contributed by atoms with E-state index in [0.29, 0.717) is 6.42 Å². The van der Waals surface area contributed by atoms with Crippen molar-refractivity contribution in [3.05, 3.63) is 12.2 Å². The molecule has 0 aliphatic rings. The average molecular weight is 371 g/mol. The van der Waals surface area contributed by atoms with Crippen molar-refractivity contribution in [1.29, 1.82) is 0 Å². The second kappa shape index (κ2) is 19.6. The van der Waals surface area contributed by atoms with Crippen molar-refractivity contribution in [2.45, 2.75) is 96.8 Å². The van der Waals surface area contributed by atoms with Gasteiger partial charge in [0.05, 0.1) is 10.1 Å². The van der Waals surface area contributed by atoms with Crippen molar-refractivity contribution in [1.82, 2.24) is 0 Å². The van der Waals surface area contributed by atoms with E-state index in [0.717, 1.165) is 25.7 Å². The Morgan fingerprint density at radius 1 is 0.696 bits per heavy atom. The minimum absolute atomic E-state index is 0. The van der Waals surface area contributed by atoms with Crippen LogP contribution in [-0.2, 0) is 10.1 Å². The Morgan fingerprint density at radius 3 is 1.52 bits per heavy atom. The fraction of sp³-hybridized carbons (Fsp3) is 0.889. The third-order valence-corrected chi connectivity index (χ3v) is 4.69. The van der Waals surface area contributed by atoms with E-state index in [2.05, 4.69) is 19.1 Å². The Morgan fingerprint density at radius 2 is 1.09 bits per heavy atom. The molecule has 0 saturated heterocycles. The fourth-order valence-corrected chi connectivity index (χ4v) is 3.08. The Labute approximate surface area is 187 Å². The first-order chi connectivity index (χ1) is 10.6. The summed E-state index contributed by atoms with van der Waals surface area (Å²) in [5, 5.41) is 0. The second-order valence-corrected chi connectivity index (χ2v) is 7.72. The predicted octanol–water partition coefficient (Wildman–Crippen LogP) is 2.57. The molecule has 0 spiro atoms. The first kappa shape index (κ1) is 26.5. The van der Waals surface area contributed by atoms with Gasteiger partial charge in [0.25, 0.3) is 0 Å². The zero-order chi connectivity index (χ0) is 16.5. The van der Waals surface area contributed by atoms with Crippen LogP contribution in [0.2, 0.25) is 0 Å². The molecule has 0 aliphatic carbocycles. The van der Waals surface area contributed by atoms with Crippen molar-refractivity contribution in [3.8, 4) is 0 Å². The molecule has 0 aliphatic heterocycles. The van der Waals surface area contributed by atoms with Crippen molar-refractivity contribution in [2.24, 2.45) is 0 Å². The molecule has 0 fully saturated rings. The summed E-state index contributed by atoms with van der Waals surface area (Å²) in [5.74, 6) is -0.200. The summed E-state index contributed by atoms with van der Waals surface area (Å²) in [5.41, 5.74) is 0. The van der Waals surface area contributed by atoms with Crippen molar-refractivity contribution >= 4 is 10.1 Å². The quantitative estimate of drug-likeness (QED) is 0.182. The topological polar surface area (TPSA) is 57.2 Å². The van der Waals surface area contributed by atoms with Crippen LogP contribution in [0.25, 0.3) is 0 Å². The van der Waals surface area contributed by atoms with E-state index in [1.165, 1.54) is 57.8 Å². The maximum absolute atomic E-state index is 10.4. The zero-order valence-electron chi connectivity index (χ0n) is 15.4. The van der Waals surface area contributed by atoms with Gasteiger partial charge in [0, 0.05) is 5.75 Å². The van der Waals surface area contributed by atoms with Gasteiger partial charge in [-0.2, -0.15) is 0 Å². The molecule has 23 heavy (non-hydrogen) atoms. The van der Waals surface area contributed by atoms with E-state index in [4.69, 9.17) is 0 Å². The minimum atomic E-state index is -4.00. The molecule has 0 heterocycles. The fourth-order valence-electron chi connectivity index (χ4n) is 2.53. The van der Waals surface area contributed by atoms with Crippen LogP contribution in [0.4, 0.5) is 0 Å². The van der Waals surface area contributed by atoms with Crippen LogP contribution in [0.5, 0.6) is 0 Å². The molecule has 0 saturated carbocycles. The van der Waals surface area contributed by atoms with E-state index >= 15 is 0 Å². The van der Waals surface area contributed by atoms with Gasteiger partial charge in [0.15, 0.2) is 0 Å². The van der Waals surface area contributed by atoms with Gasteiger partial charge in [0.2, 0.25) is 0 Å². The minimum Gasteiger partial charge on any atom is -0.748 e. The molecule has 0 bridgehead atoms. The standard InChI is InChI=1S/C18H36O3S.K/c1-2-3-4-5-6-7-8-9-10-11-12-13-14-15-16-17-18-22(19,20)21;/h9-10H,2-8,11-18H2,1H3,(H,19,20,21);/q;+1/p-1/b10-9-;. The zero-order valence-corrected chi connectivity index (χ0v) is 19.3. The molecule has 0 amide bonds. The summed E-state index contributed by atoms with van der Waals surface area (Å²) in [6.45, 7) is 2.25. The summed E-state index contributed by atoms with van der Waals surface area (Å²) in [7, 11) is -4.00. The van der Waals surface area contributed by atoms with Crippen LogP contribution in [0.3, 0.4) is 0 Å². The van der Waals surface area contributed by atoms with Gasteiger partial charge in [-0.3, -0.25) is 0 Å². The Hall–Kier alpha value is 1.29. The third-order valence-electron chi connectivity index (χ3n) is 3.91. The van der Waals surface area contributed by atoms with Gasteiger partial charge in [-0.05, 0) is 32.1 Å². The molecule has 0 aromatic rings. The molecule has 0 aromatic heterocycles. The maximum atomic E-state index is 10.4. The third kappa shape index (κ3) is 25.6. The summed E-state index contributed by atoms with van der Waals surface area (Å²) in [4.78, 5) is 0. The first-order valence-electron chi connectivity index (χ1n) is 9.15. The van der Waals surface area contributed by atoms with E-state index in [1.54, 1.807) is 0 Å². The summed E-state index contributed by atoms with van der Waals surface area (Å²) >= 11 is 0. The van der Waals surface area contributed by atoms with E-state index < -0.39 is 10.1 Å². The Bertz CT molecular complexity index is 353. The Kier molecular flexibility index (Phi) is 22.6. The summed E-state index contributed by atoms with van der Waals surface area (Å²) in [6, 6.07) is 0. The number of hydrogen-bond acceptors (Lipinski definition) is 3. The van der Waals surface area contributed by atoms with Crippen LogP contribution >= 0.6 is 0 Å². The molecule has 5 heteroatoms. The van der Waals surface area contributed by atoms with Gasteiger partial charge in [-0.1, -0.05) is 76.9 Å². The van der Waals surface area contributed by atoms with Gasteiger partial charge >= 0.3 is 51.4 Å². The van der Waals surface area contributed by atoms with Gasteiger partial charge in [0.1, 0.15) is 0 Å². The largest absolute Gasteiger partial charge is 1.00 e. The second-order valence-electron chi connectivity index (χ2n) is 6.20. The normalized spacial score (nSPS) is 11.7. The van der Waals surface area contributed by atoms with E-state index in [1.807, 2.05) is 0 Å². The molecule has 0 aromatic carbocycles. The SMILES string of the molecule is CCCCCCCC/C=C\CCCCCCCCS(=O)(=O)[O-].[K+]. The molecule has 132 valence electrons. The molecule has 3 nitrogen and oxygen atoms in total. The monoisotopic (exact) mass is 370 g/mol.